The lowest BCUT2D eigenvalue weighted by molar-refractivity contribution is -0.134. The number of aromatic nitrogens is 2. The Morgan fingerprint density at radius 1 is 1.08 bits per heavy atom. The van der Waals surface area contributed by atoms with Crippen LogP contribution in [-0.4, -0.2) is 44.0 Å². The molecule has 2 bridgehead atoms. The molecule has 2 aromatic heterocycles. The van der Waals surface area contributed by atoms with Crippen LogP contribution >= 0.6 is 0 Å². The van der Waals surface area contributed by atoms with Gasteiger partial charge >= 0.3 is 0 Å². The Kier molecular flexibility index (Phi) is 4.57. The number of carbonyl (C=O) groups excluding carboxylic acids is 2. The zero-order valence-electron chi connectivity index (χ0n) is 20.3. The van der Waals surface area contributed by atoms with Gasteiger partial charge in [0.05, 0.1) is 41.3 Å². The summed E-state index contributed by atoms with van der Waals surface area (Å²) in [7, 11) is 0. The molecule has 3 saturated heterocycles. The van der Waals surface area contributed by atoms with Gasteiger partial charge in [-0.2, -0.15) is 10.0 Å². The summed E-state index contributed by atoms with van der Waals surface area (Å²) in [6.07, 6.45) is 0.836. The normalized spacial score (nSPS) is 29.9. The summed E-state index contributed by atoms with van der Waals surface area (Å²) in [5, 5.41) is 22.8. The van der Waals surface area contributed by atoms with Crippen molar-refractivity contribution < 1.29 is 24.0 Å². The van der Waals surface area contributed by atoms with Crippen molar-refractivity contribution in [3.05, 3.63) is 70.6 Å². The maximum Gasteiger partial charge on any atom is 0.292 e. The van der Waals surface area contributed by atoms with E-state index in [4.69, 9.17) is 9.26 Å². The topological polar surface area (TPSA) is 139 Å². The van der Waals surface area contributed by atoms with Crippen LogP contribution in [0.3, 0.4) is 0 Å². The van der Waals surface area contributed by atoms with Gasteiger partial charge in [0, 0.05) is 18.0 Å². The first-order valence-corrected chi connectivity index (χ1v) is 12.4. The second-order valence-electron chi connectivity index (χ2n) is 10.4. The number of fused-ring (bicyclic) bond motifs is 7. The summed E-state index contributed by atoms with van der Waals surface area (Å²) in [6.45, 7) is 1.73. The van der Waals surface area contributed by atoms with E-state index < -0.39 is 41.0 Å². The Morgan fingerprint density at radius 3 is 2.63 bits per heavy atom. The second kappa shape index (κ2) is 7.60. The summed E-state index contributed by atoms with van der Waals surface area (Å²) < 4.78 is 13.1. The molecule has 5 atom stereocenters. The molecular formula is C28H22N4O6. The summed E-state index contributed by atoms with van der Waals surface area (Å²) in [4.78, 5) is 45.8. The number of anilines is 1. The van der Waals surface area contributed by atoms with Crippen molar-refractivity contribution in [1.29, 1.82) is 5.26 Å². The highest BCUT2D eigenvalue weighted by Crippen LogP contribution is 2.62. The van der Waals surface area contributed by atoms with Crippen LogP contribution in [-0.2, 0) is 20.9 Å². The SMILES string of the molecule is CC12OC(CCn3oc4ncccc4c3=O)(CC1O)C1C(=O)N(c3ccc4ccccc4c3C#N)C(=O)C12. The predicted molar refractivity (Wildman–Crippen MR) is 134 cm³/mol. The lowest BCUT2D eigenvalue weighted by Crippen LogP contribution is -2.49. The first-order chi connectivity index (χ1) is 18.3. The Balaban J connectivity index is 1.29. The van der Waals surface area contributed by atoms with Gasteiger partial charge in [0.1, 0.15) is 17.1 Å². The summed E-state index contributed by atoms with van der Waals surface area (Å²) in [5.74, 6) is -2.77. The Hall–Kier alpha value is -4.33. The van der Waals surface area contributed by atoms with Crippen LogP contribution in [0.1, 0.15) is 25.3 Å². The van der Waals surface area contributed by atoms with Crippen LogP contribution in [0.15, 0.2) is 64.0 Å². The van der Waals surface area contributed by atoms with E-state index in [1.807, 2.05) is 12.1 Å². The number of aliphatic hydroxyl groups is 1. The third-order valence-electron chi connectivity index (χ3n) is 8.54. The molecule has 4 aromatic rings. The Labute approximate surface area is 215 Å². The zero-order valence-corrected chi connectivity index (χ0v) is 20.3. The predicted octanol–water partition coefficient (Wildman–Crippen LogP) is 2.50. The molecule has 0 aliphatic carbocycles. The lowest BCUT2D eigenvalue weighted by atomic mass is 9.66. The van der Waals surface area contributed by atoms with Crippen molar-refractivity contribution in [1.82, 2.24) is 9.72 Å². The fourth-order valence-corrected chi connectivity index (χ4v) is 6.77. The standard InChI is InChI=1S/C28H22N4O6/c1-27-20(33)13-28(38-27,10-12-31-24(34)17-7-4-11-30-23(17)37-31)22-21(27)25(35)32(26(22)36)19-9-8-15-5-2-3-6-16(15)18(19)14-29/h2-9,11,20-22,33H,10,12-13H2,1H3. The number of imide groups is 1. The second-order valence-corrected chi connectivity index (χ2v) is 10.4. The summed E-state index contributed by atoms with van der Waals surface area (Å²) >= 11 is 0. The third kappa shape index (κ3) is 2.77. The van der Waals surface area contributed by atoms with Crippen molar-refractivity contribution >= 4 is 39.4 Å². The van der Waals surface area contributed by atoms with E-state index in [2.05, 4.69) is 11.1 Å². The molecule has 38 heavy (non-hydrogen) atoms. The number of hydrogen-bond acceptors (Lipinski definition) is 8. The highest BCUT2D eigenvalue weighted by molar-refractivity contribution is 6.24. The number of hydrogen-bond donors (Lipinski definition) is 1. The molecule has 3 fully saturated rings. The first-order valence-electron chi connectivity index (χ1n) is 12.4. The highest BCUT2D eigenvalue weighted by Gasteiger charge is 2.77. The third-order valence-corrected chi connectivity index (χ3v) is 8.54. The van der Waals surface area contributed by atoms with Gasteiger partial charge < -0.3 is 14.4 Å². The number of nitrogens with zero attached hydrogens (tertiary/aromatic N) is 4. The van der Waals surface area contributed by atoms with Crippen molar-refractivity contribution in [2.24, 2.45) is 11.8 Å². The number of benzene rings is 2. The minimum atomic E-state index is -1.28. The Morgan fingerprint density at radius 2 is 1.84 bits per heavy atom. The quantitative estimate of drug-likeness (QED) is 0.413. The number of nitriles is 1. The largest absolute Gasteiger partial charge is 0.390 e. The van der Waals surface area contributed by atoms with Crippen LogP contribution in [0.5, 0.6) is 0 Å². The molecule has 5 heterocycles. The molecule has 10 heteroatoms. The van der Waals surface area contributed by atoms with Crippen LogP contribution < -0.4 is 10.5 Å². The highest BCUT2D eigenvalue weighted by atomic mass is 16.6. The van der Waals surface area contributed by atoms with Gasteiger partial charge in [0.25, 0.3) is 11.3 Å². The summed E-state index contributed by atoms with van der Waals surface area (Å²) in [5.41, 5.74) is -2.16. The lowest BCUT2D eigenvalue weighted by Gasteiger charge is -2.33. The van der Waals surface area contributed by atoms with Crippen LogP contribution in [0, 0.1) is 23.2 Å². The monoisotopic (exact) mass is 510 g/mol. The van der Waals surface area contributed by atoms with Crippen molar-refractivity contribution in [2.45, 2.75) is 43.6 Å². The molecule has 3 aliphatic rings. The van der Waals surface area contributed by atoms with E-state index in [1.54, 1.807) is 43.3 Å². The zero-order chi connectivity index (χ0) is 26.4. The van der Waals surface area contributed by atoms with Crippen molar-refractivity contribution in [3.8, 4) is 6.07 Å². The van der Waals surface area contributed by atoms with E-state index >= 15 is 0 Å². The number of pyridine rings is 1. The number of rotatable bonds is 4. The molecule has 3 aliphatic heterocycles. The molecule has 190 valence electrons. The number of carbonyl (C=O) groups is 2. The van der Waals surface area contributed by atoms with E-state index in [9.17, 15) is 24.8 Å². The van der Waals surface area contributed by atoms with Gasteiger partial charge in [-0.1, -0.05) is 30.3 Å². The van der Waals surface area contributed by atoms with Gasteiger partial charge in [0.2, 0.25) is 11.8 Å². The number of amides is 2. The fourth-order valence-electron chi connectivity index (χ4n) is 6.77. The first kappa shape index (κ1) is 22.8. The number of aryl methyl sites for hydroxylation is 1. The molecule has 0 spiro atoms. The number of aliphatic hydroxyl groups excluding tert-OH is 1. The number of ether oxygens (including phenoxy) is 1. The maximum absolute atomic E-state index is 14.0. The average Bonchev–Trinajstić information content (AvgIpc) is 3.57. The van der Waals surface area contributed by atoms with Crippen LogP contribution in [0.2, 0.25) is 0 Å². The Bertz CT molecular complexity index is 1790. The molecule has 2 aromatic carbocycles. The van der Waals surface area contributed by atoms with Gasteiger partial charge in [-0.05, 0) is 36.9 Å². The van der Waals surface area contributed by atoms with Crippen LogP contribution in [0.25, 0.3) is 21.9 Å². The van der Waals surface area contributed by atoms with Gasteiger partial charge in [-0.15, -0.1) is 0 Å². The van der Waals surface area contributed by atoms with E-state index in [0.717, 1.165) is 10.3 Å². The van der Waals surface area contributed by atoms with Gasteiger partial charge in [-0.3, -0.25) is 14.4 Å². The molecule has 7 rings (SSSR count). The van der Waals surface area contributed by atoms with E-state index in [0.29, 0.717) is 10.8 Å². The molecular weight excluding hydrogens is 488 g/mol. The smallest absolute Gasteiger partial charge is 0.292 e. The fraction of sp³-hybridized carbons (Fsp3) is 0.321. The van der Waals surface area contributed by atoms with E-state index in [1.165, 1.54) is 10.9 Å². The molecule has 5 unspecified atom stereocenters. The molecule has 0 radical (unpaired) electrons. The average molecular weight is 511 g/mol. The molecule has 0 saturated carbocycles. The minimum Gasteiger partial charge on any atom is -0.390 e. The molecule has 2 amide bonds. The molecule has 1 N–H and O–H groups in total. The van der Waals surface area contributed by atoms with Gasteiger partial charge in [0.15, 0.2) is 0 Å². The van der Waals surface area contributed by atoms with Crippen molar-refractivity contribution in [3.63, 3.8) is 0 Å². The summed E-state index contributed by atoms with van der Waals surface area (Å²) in [6, 6.07) is 16.1. The van der Waals surface area contributed by atoms with Crippen molar-refractivity contribution in [2.75, 3.05) is 4.90 Å². The molecule has 10 nitrogen and oxygen atoms in total. The maximum atomic E-state index is 14.0. The minimum absolute atomic E-state index is 0.0715. The van der Waals surface area contributed by atoms with Crippen LogP contribution in [0.4, 0.5) is 5.69 Å². The van der Waals surface area contributed by atoms with E-state index in [-0.39, 0.29) is 41.9 Å². The van der Waals surface area contributed by atoms with Gasteiger partial charge in [-0.25, -0.2) is 9.88 Å².